The summed E-state index contributed by atoms with van der Waals surface area (Å²) in [5.74, 6) is 0.452. The van der Waals surface area contributed by atoms with Gasteiger partial charge < -0.3 is 14.5 Å². The number of hydrogen-bond acceptors (Lipinski definition) is 3. The van der Waals surface area contributed by atoms with E-state index in [0.29, 0.717) is 31.0 Å². The summed E-state index contributed by atoms with van der Waals surface area (Å²) in [5.41, 5.74) is 1.33. The Hall–Kier alpha value is -2.34. The summed E-state index contributed by atoms with van der Waals surface area (Å²) >= 11 is 3.37. The van der Waals surface area contributed by atoms with Crippen LogP contribution in [-0.2, 0) is 4.79 Å². The number of halogens is 1. The summed E-state index contributed by atoms with van der Waals surface area (Å²) in [6.07, 6.45) is 0. The van der Waals surface area contributed by atoms with Crippen molar-refractivity contribution in [2.75, 3.05) is 24.6 Å². The average molecular weight is 417 g/mol. The van der Waals surface area contributed by atoms with Gasteiger partial charge in [-0.15, -0.1) is 0 Å². The minimum atomic E-state index is -0.533. The van der Waals surface area contributed by atoms with Crippen molar-refractivity contribution in [3.63, 3.8) is 0 Å². The lowest BCUT2D eigenvalue weighted by Crippen LogP contribution is -2.57. The van der Waals surface area contributed by atoms with E-state index in [4.69, 9.17) is 4.74 Å². The topological polar surface area (TPSA) is 49.9 Å². The number of ether oxygens (including phenoxy) is 1. The van der Waals surface area contributed by atoms with Crippen molar-refractivity contribution in [2.24, 2.45) is 0 Å². The second-order valence-corrected chi connectivity index (χ2v) is 6.99. The average Bonchev–Trinajstić information content (AvgIpc) is 2.65. The van der Waals surface area contributed by atoms with Gasteiger partial charge in [-0.25, -0.2) is 0 Å². The molecule has 0 aromatic heterocycles. The van der Waals surface area contributed by atoms with Gasteiger partial charge in [-0.05, 0) is 50.2 Å². The molecule has 6 heteroatoms. The van der Waals surface area contributed by atoms with E-state index in [1.165, 1.54) is 0 Å². The molecule has 1 aliphatic rings. The number of carbonyl (C=O) groups is 2. The first-order valence-corrected chi connectivity index (χ1v) is 9.42. The molecular weight excluding hydrogens is 396 g/mol. The first-order valence-electron chi connectivity index (χ1n) is 8.62. The van der Waals surface area contributed by atoms with E-state index in [1.807, 2.05) is 43.3 Å². The fraction of sp³-hybridized carbons (Fsp3) is 0.300. The molecule has 0 saturated carbocycles. The number of piperazine rings is 1. The summed E-state index contributed by atoms with van der Waals surface area (Å²) in [4.78, 5) is 29.1. The predicted molar refractivity (Wildman–Crippen MR) is 105 cm³/mol. The largest absolute Gasteiger partial charge is 0.492 e. The second kappa shape index (κ2) is 7.91. The van der Waals surface area contributed by atoms with Gasteiger partial charge in [0.2, 0.25) is 5.91 Å². The Balaban J connectivity index is 1.81. The molecule has 0 N–H and O–H groups in total. The van der Waals surface area contributed by atoms with E-state index in [2.05, 4.69) is 15.9 Å². The number of rotatable bonds is 4. The maximum absolute atomic E-state index is 13.0. The molecule has 0 radical (unpaired) electrons. The molecule has 1 unspecified atom stereocenters. The standard InChI is InChI=1S/C20H21BrN2O3/c1-3-26-18-7-5-4-6-17(18)23-13-12-22(14(2)19(23)24)20(25)15-8-10-16(21)11-9-15/h4-11,14H,3,12-13H2,1-2H3. The third-order valence-electron chi connectivity index (χ3n) is 4.46. The van der Waals surface area contributed by atoms with E-state index < -0.39 is 6.04 Å². The van der Waals surface area contributed by atoms with Crippen LogP contribution >= 0.6 is 15.9 Å². The van der Waals surface area contributed by atoms with Crippen molar-refractivity contribution in [1.29, 1.82) is 0 Å². The quantitative estimate of drug-likeness (QED) is 0.762. The fourth-order valence-corrected chi connectivity index (χ4v) is 3.37. The van der Waals surface area contributed by atoms with Gasteiger partial charge in [-0.2, -0.15) is 0 Å². The zero-order chi connectivity index (χ0) is 18.7. The van der Waals surface area contributed by atoms with Crippen molar-refractivity contribution < 1.29 is 14.3 Å². The fourth-order valence-electron chi connectivity index (χ4n) is 3.10. The summed E-state index contributed by atoms with van der Waals surface area (Å²) in [7, 11) is 0. The minimum Gasteiger partial charge on any atom is -0.492 e. The lowest BCUT2D eigenvalue weighted by Gasteiger charge is -2.39. The maximum atomic E-state index is 13.0. The Bertz CT molecular complexity index is 807. The molecule has 136 valence electrons. The summed E-state index contributed by atoms with van der Waals surface area (Å²) in [6, 6.07) is 14.2. The zero-order valence-corrected chi connectivity index (χ0v) is 16.4. The van der Waals surface area contributed by atoms with Gasteiger partial charge in [0, 0.05) is 23.1 Å². The number of para-hydroxylation sites is 2. The van der Waals surface area contributed by atoms with Crippen LogP contribution in [0.2, 0.25) is 0 Å². The maximum Gasteiger partial charge on any atom is 0.254 e. The highest BCUT2D eigenvalue weighted by atomic mass is 79.9. The molecule has 1 atom stereocenters. The van der Waals surface area contributed by atoms with Crippen molar-refractivity contribution in [1.82, 2.24) is 4.90 Å². The molecule has 2 aromatic carbocycles. The molecular formula is C20H21BrN2O3. The third kappa shape index (κ3) is 3.60. The predicted octanol–water partition coefficient (Wildman–Crippen LogP) is 3.73. The number of hydrogen-bond donors (Lipinski definition) is 0. The van der Waals surface area contributed by atoms with Crippen molar-refractivity contribution in [3.8, 4) is 5.75 Å². The first kappa shape index (κ1) is 18.5. The second-order valence-electron chi connectivity index (χ2n) is 6.07. The number of carbonyl (C=O) groups excluding carboxylic acids is 2. The molecule has 0 spiro atoms. The van der Waals surface area contributed by atoms with Crippen LogP contribution in [-0.4, -0.2) is 42.5 Å². The summed E-state index contributed by atoms with van der Waals surface area (Å²) in [5, 5.41) is 0. The highest BCUT2D eigenvalue weighted by molar-refractivity contribution is 9.10. The Labute approximate surface area is 161 Å². The van der Waals surface area contributed by atoms with Crippen LogP contribution in [0.4, 0.5) is 5.69 Å². The Morgan fingerprint density at radius 3 is 2.54 bits per heavy atom. The number of benzene rings is 2. The van der Waals surface area contributed by atoms with Crippen molar-refractivity contribution in [3.05, 3.63) is 58.6 Å². The Morgan fingerprint density at radius 1 is 1.15 bits per heavy atom. The van der Waals surface area contributed by atoms with E-state index in [9.17, 15) is 9.59 Å². The van der Waals surface area contributed by atoms with Crippen molar-refractivity contribution in [2.45, 2.75) is 19.9 Å². The first-order chi connectivity index (χ1) is 12.5. The minimum absolute atomic E-state index is 0.103. The zero-order valence-electron chi connectivity index (χ0n) is 14.8. The van der Waals surface area contributed by atoms with Crippen LogP contribution < -0.4 is 9.64 Å². The van der Waals surface area contributed by atoms with Crippen LogP contribution in [0.3, 0.4) is 0 Å². The van der Waals surface area contributed by atoms with Gasteiger partial charge in [-0.1, -0.05) is 28.1 Å². The monoisotopic (exact) mass is 416 g/mol. The van der Waals surface area contributed by atoms with Gasteiger partial charge in [0.05, 0.1) is 12.3 Å². The van der Waals surface area contributed by atoms with Crippen molar-refractivity contribution >= 4 is 33.4 Å². The van der Waals surface area contributed by atoms with Gasteiger partial charge in [0.1, 0.15) is 11.8 Å². The Morgan fingerprint density at radius 2 is 1.85 bits per heavy atom. The Kier molecular flexibility index (Phi) is 5.61. The molecule has 0 bridgehead atoms. The molecule has 0 aliphatic carbocycles. The van der Waals surface area contributed by atoms with Crippen LogP contribution in [0.15, 0.2) is 53.0 Å². The molecule has 1 heterocycles. The van der Waals surface area contributed by atoms with Gasteiger partial charge >= 0.3 is 0 Å². The molecule has 5 nitrogen and oxygen atoms in total. The molecule has 26 heavy (non-hydrogen) atoms. The molecule has 2 amide bonds. The number of anilines is 1. The summed E-state index contributed by atoms with van der Waals surface area (Å²) in [6.45, 7) is 5.13. The van der Waals surface area contributed by atoms with Gasteiger partial charge in [0.25, 0.3) is 5.91 Å². The molecule has 3 rings (SSSR count). The van der Waals surface area contributed by atoms with Gasteiger partial charge in [0.15, 0.2) is 0 Å². The normalized spacial score (nSPS) is 17.3. The molecule has 1 saturated heterocycles. The van der Waals surface area contributed by atoms with Crippen LogP contribution in [0.25, 0.3) is 0 Å². The van der Waals surface area contributed by atoms with E-state index in [1.54, 1.807) is 28.9 Å². The lowest BCUT2D eigenvalue weighted by atomic mass is 10.1. The van der Waals surface area contributed by atoms with Crippen LogP contribution in [0, 0.1) is 0 Å². The lowest BCUT2D eigenvalue weighted by molar-refractivity contribution is -0.124. The smallest absolute Gasteiger partial charge is 0.254 e. The SMILES string of the molecule is CCOc1ccccc1N1CCN(C(=O)c2ccc(Br)cc2)C(C)C1=O. The highest BCUT2D eigenvalue weighted by Gasteiger charge is 2.36. The molecule has 1 aliphatic heterocycles. The third-order valence-corrected chi connectivity index (χ3v) is 4.99. The molecule has 2 aromatic rings. The highest BCUT2D eigenvalue weighted by Crippen LogP contribution is 2.30. The number of amides is 2. The van der Waals surface area contributed by atoms with E-state index in [0.717, 1.165) is 10.2 Å². The number of nitrogens with zero attached hydrogens (tertiary/aromatic N) is 2. The van der Waals surface area contributed by atoms with Crippen LogP contribution in [0.1, 0.15) is 24.2 Å². The van der Waals surface area contributed by atoms with E-state index >= 15 is 0 Å². The van der Waals surface area contributed by atoms with Gasteiger partial charge in [-0.3, -0.25) is 9.59 Å². The van der Waals surface area contributed by atoms with Crippen LogP contribution in [0.5, 0.6) is 5.75 Å². The molecule has 1 fully saturated rings. The summed E-state index contributed by atoms with van der Waals surface area (Å²) < 4.78 is 6.56. The van der Waals surface area contributed by atoms with E-state index in [-0.39, 0.29) is 11.8 Å².